The second-order valence-corrected chi connectivity index (χ2v) is 6.95. The van der Waals surface area contributed by atoms with Gasteiger partial charge in [-0.05, 0) is 36.4 Å². The third-order valence-corrected chi connectivity index (χ3v) is 5.15. The minimum Gasteiger partial charge on any atom is -0.497 e. The number of aromatic amines is 1. The number of pyridine rings is 1. The Hall–Kier alpha value is -3.20. The molecule has 0 radical (unpaired) electrons. The Kier molecular flexibility index (Phi) is 4.59. The van der Waals surface area contributed by atoms with Crippen LogP contribution < -0.4 is 9.64 Å². The highest BCUT2D eigenvalue weighted by molar-refractivity contribution is 8.00. The molecular weight excluding hydrogens is 366 g/mol. The Morgan fingerprint density at radius 3 is 2.59 bits per heavy atom. The number of anilines is 1. The zero-order valence-corrected chi connectivity index (χ0v) is 15.1. The molecule has 2 amide bonds. The number of hydrogen-bond acceptors (Lipinski definition) is 7. The molecule has 1 aromatic carbocycles. The van der Waals surface area contributed by atoms with Crippen LogP contribution in [0.5, 0.6) is 5.75 Å². The average Bonchev–Trinajstić information content (AvgIpc) is 3.27. The normalized spacial score (nSPS) is 16.8. The monoisotopic (exact) mass is 381 g/mol. The fourth-order valence-corrected chi connectivity index (χ4v) is 3.69. The summed E-state index contributed by atoms with van der Waals surface area (Å²) in [7, 11) is 1.56. The molecule has 1 aliphatic heterocycles. The third-order valence-electron chi connectivity index (χ3n) is 4.10. The van der Waals surface area contributed by atoms with Gasteiger partial charge in [-0.1, -0.05) is 11.8 Å². The van der Waals surface area contributed by atoms with E-state index >= 15 is 0 Å². The van der Waals surface area contributed by atoms with Gasteiger partial charge in [-0.2, -0.15) is 0 Å². The number of rotatable bonds is 5. The number of hydrogen-bond donors (Lipinski definition) is 1. The fourth-order valence-electron chi connectivity index (χ4n) is 2.76. The molecule has 0 saturated carbocycles. The number of benzene rings is 1. The summed E-state index contributed by atoms with van der Waals surface area (Å²) in [6.07, 6.45) is 3.43. The van der Waals surface area contributed by atoms with Crippen molar-refractivity contribution in [2.75, 3.05) is 12.0 Å². The maximum absolute atomic E-state index is 12.7. The van der Waals surface area contributed by atoms with Crippen LogP contribution in [0.2, 0.25) is 0 Å². The molecule has 9 heteroatoms. The van der Waals surface area contributed by atoms with Crippen molar-refractivity contribution in [1.29, 1.82) is 0 Å². The van der Waals surface area contributed by atoms with Gasteiger partial charge in [0.15, 0.2) is 5.82 Å². The van der Waals surface area contributed by atoms with Crippen LogP contribution in [0.25, 0.3) is 11.4 Å². The number of amides is 2. The number of imide groups is 1. The van der Waals surface area contributed by atoms with Crippen LogP contribution in [0.1, 0.15) is 6.42 Å². The first-order valence-corrected chi connectivity index (χ1v) is 9.04. The molecule has 27 heavy (non-hydrogen) atoms. The minimum atomic E-state index is -0.555. The van der Waals surface area contributed by atoms with E-state index in [1.165, 1.54) is 16.7 Å². The highest BCUT2D eigenvalue weighted by Gasteiger charge is 2.40. The summed E-state index contributed by atoms with van der Waals surface area (Å²) >= 11 is 1.18. The van der Waals surface area contributed by atoms with Crippen LogP contribution in [-0.4, -0.2) is 44.3 Å². The molecule has 1 N–H and O–H groups in total. The van der Waals surface area contributed by atoms with E-state index in [9.17, 15) is 9.59 Å². The van der Waals surface area contributed by atoms with Gasteiger partial charge in [0.1, 0.15) is 11.0 Å². The number of H-pyrrole nitrogens is 1. The molecule has 1 saturated heterocycles. The number of thioether (sulfide) groups is 1. The van der Waals surface area contributed by atoms with Gasteiger partial charge in [-0.15, -0.1) is 5.10 Å². The lowest BCUT2D eigenvalue weighted by atomic mass is 10.3. The van der Waals surface area contributed by atoms with Gasteiger partial charge in [-0.3, -0.25) is 19.7 Å². The summed E-state index contributed by atoms with van der Waals surface area (Å²) in [5.41, 5.74) is 1.37. The molecule has 2 aromatic heterocycles. The first-order valence-electron chi connectivity index (χ1n) is 8.16. The van der Waals surface area contributed by atoms with Crippen molar-refractivity contribution in [1.82, 2.24) is 20.2 Å². The smallest absolute Gasteiger partial charge is 0.247 e. The molecular formula is C18H15N5O3S. The van der Waals surface area contributed by atoms with Gasteiger partial charge >= 0.3 is 0 Å². The van der Waals surface area contributed by atoms with Crippen LogP contribution in [-0.2, 0) is 9.59 Å². The average molecular weight is 381 g/mol. The van der Waals surface area contributed by atoms with Crippen LogP contribution in [0, 0.1) is 0 Å². The van der Waals surface area contributed by atoms with Gasteiger partial charge in [0.2, 0.25) is 17.0 Å². The van der Waals surface area contributed by atoms with Crippen LogP contribution in [0.4, 0.5) is 5.69 Å². The molecule has 1 atom stereocenters. The molecule has 4 rings (SSSR count). The number of carbonyl (C=O) groups is 2. The number of methoxy groups -OCH3 is 1. The van der Waals surface area contributed by atoms with Gasteiger partial charge < -0.3 is 4.74 Å². The second kappa shape index (κ2) is 7.20. The summed E-state index contributed by atoms with van der Waals surface area (Å²) in [6.45, 7) is 0. The van der Waals surface area contributed by atoms with E-state index in [-0.39, 0.29) is 18.2 Å². The molecule has 0 spiro atoms. The number of ether oxygens (including phenoxy) is 1. The first-order chi connectivity index (χ1) is 13.2. The number of nitrogens with zero attached hydrogens (tertiary/aromatic N) is 4. The standard InChI is InChI=1S/C18H15N5O3S/c1-26-13-4-2-12(3-5-13)23-15(24)10-14(17(23)25)27-18-20-16(21-22-18)11-6-8-19-9-7-11/h2-9,14H,10H2,1H3,(H,20,21,22)/t14-/m0/s1. The molecule has 8 nitrogen and oxygen atoms in total. The van der Waals surface area contributed by atoms with E-state index in [1.807, 2.05) is 12.1 Å². The predicted molar refractivity (Wildman–Crippen MR) is 99.4 cm³/mol. The number of aromatic nitrogens is 4. The van der Waals surface area contributed by atoms with Crippen molar-refractivity contribution in [3.05, 3.63) is 48.8 Å². The number of carbonyl (C=O) groups excluding carboxylic acids is 2. The summed E-state index contributed by atoms with van der Waals surface area (Å²) in [6, 6.07) is 10.4. The van der Waals surface area contributed by atoms with Crippen molar-refractivity contribution in [3.8, 4) is 17.1 Å². The van der Waals surface area contributed by atoms with Gasteiger partial charge in [-0.25, -0.2) is 9.88 Å². The highest BCUT2D eigenvalue weighted by atomic mass is 32.2. The summed E-state index contributed by atoms with van der Waals surface area (Å²) < 4.78 is 5.11. The lowest BCUT2D eigenvalue weighted by Gasteiger charge is -2.14. The Bertz CT molecular complexity index is 974. The SMILES string of the molecule is COc1ccc(N2C(=O)C[C@H](Sc3n[nH]c(-c4ccncc4)n3)C2=O)cc1. The summed E-state index contributed by atoms with van der Waals surface area (Å²) in [4.78, 5) is 34.7. The van der Waals surface area contributed by atoms with E-state index in [2.05, 4.69) is 20.2 Å². The van der Waals surface area contributed by atoms with E-state index in [0.29, 0.717) is 22.4 Å². The molecule has 0 aliphatic carbocycles. The molecule has 3 aromatic rings. The lowest BCUT2D eigenvalue weighted by molar-refractivity contribution is -0.121. The van der Waals surface area contributed by atoms with E-state index in [0.717, 1.165) is 5.56 Å². The van der Waals surface area contributed by atoms with Crippen LogP contribution in [0.15, 0.2) is 53.9 Å². The molecule has 136 valence electrons. The van der Waals surface area contributed by atoms with E-state index in [4.69, 9.17) is 4.74 Å². The zero-order valence-electron chi connectivity index (χ0n) is 14.3. The van der Waals surface area contributed by atoms with E-state index < -0.39 is 5.25 Å². The topological polar surface area (TPSA) is 101 Å². The zero-order chi connectivity index (χ0) is 18.8. The van der Waals surface area contributed by atoms with E-state index in [1.54, 1.807) is 43.8 Å². The highest BCUT2D eigenvalue weighted by Crippen LogP contribution is 2.33. The summed E-state index contributed by atoms with van der Waals surface area (Å²) in [5.74, 6) is 0.731. The lowest BCUT2D eigenvalue weighted by Crippen LogP contribution is -2.31. The largest absolute Gasteiger partial charge is 0.497 e. The van der Waals surface area contributed by atoms with Crippen molar-refractivity contribution >= 4 is 29.3 Å². The maximum Gasteiger partial charge on any atom is 0.247 e. The Balaban J connectivity index is 1.50. The Morgan fingerprint density at radius 2 is 1.89 bits per heavy atom. The molecule has 1 aliphatic rings. The van der Waals surface area contributed by atoms with Gasteiger partial charge in [0.25, 0.3) is 0 Å². The van der Waals surface area contributed by atoms with Crippen molar-refractivity contribution < 1.29 is 14.3 Å². The second-order valence-electron chi connectivity index (χ2n) is 5.78. The summed E-state index contributed by atoms with van der Waals surface area (Å²) in [5, 5.41) is 6.85. The Labute approximate surface area is 159 Å². The predicted octanol–water partition coefficient (Wildman–Crippen LogP) is 2.30. The van der Waals surface area contributed by atoms with Gasteiger partial charge in [0, 0.05) is 24.4 Å². The Morgan fingerprint density at radius 1 is 1.15 bits per heavy atom. The molecule has 0 bridgehead atoms. The maximum atomic E-state index is 12.7. The molecule has 1 fully saturated rings. The number of nitrogens with one attached hydrogen (secondary N) is 1. The fraction of sp³-hybridized carbons (Fsp3) is 0.167. The van der Waals surface area contributed by atoms with Crippen LogP contribution >= 0.6 is 11.8 Å². The van der Waals surface area contributed by atoms with Crippen LogP contribution in [0.3, 0.4) is 0 Å². The van der Waals surface area contributed by atoms with Crippen molar-refractivity contribution in [2.24, 2.45) is 0 Å². The third kappa shape index (κ3) is 3.41. The molecule has 0 unspecified atom stereocenters. The first kappa shape index (κ1) is 17.2. The quantitative estimate of drug-likeness (QED) is 0.677. The van der Waals surface area contributed by atoms with Crippen molar-refractivity contribution in [2.45, 2.75) is 16.8 Å². The molecule has 3 heterocycles. The van der Waals surface area contributed by atoms with Gasteiger partial charge in [0.05, 0.1) is 12.8 Å². The minimum absolute atomic E-state index is 0.106. The van der Waals surface area contributed by atoms with Crippen molar-refractivity contribution in [3.63, 3.8) is 0 Å².